The highest BCUT2D eigenvalue weighted by atomic mass is 127. The Morgan fingerprint density at radius 2 is 2.14 bits per heavy atom. The van der Waals surface area contributed by atoms with Crippen LogP contribution in [0.2, 0.25) is 0 Å². The molecule has 1 amide bonds. The largest absolute Gasteiger partial charge is 0.481 e. The van der Waals surface area contributed by atoms with E-state index < -0.39 is 12.6 Å². The first-order valence-electron chi connectivity index (χ1n) is 5.82. The number of ether oxygens (including phenoxy) is 1. The van der Waals surface area contributed by atoms with Crippen molar-refractivity contribution in [1.82, 2.24) is 4.90 Å². The third-order valence-electron chi connectivity index (χ3n) is 2.38. The van der Waals surface area contributed by atoms with Gasteiger partial charge in [0.1, 0.15) is 17.4 Å². The molecule has 1 aromatic rings. The Hall–Kier alpha value is -2.08. The van der Waals surface area contributed by atoms with Crippen LogP contribution in [-0.4, -0.2) is 42.6 Å². The number of nitrogens with zero attached hydrogens (tertiary/aromatic N) is 2. The van der Waals surface area contributed by atoms with Crippen LogP contribution in [0.25, 0.3) is 6.08 Å². The molecule has 6 nitrogen and oxygen atoms in total. The Morgan fingerprint density at radius 3 is 2.62 bits per heavy atom. The van der Waals surface area contributed by atoms with Crippen molar-refractivity contribution in [3.05, 3.63) is 32.9 Å². The summed E-state index contributed by atoms with van der Waals surface area (Å²) < 4.78 is 5.79. The van der Waals surface area contributed by atoms with E-state index in [0.717, 1.165) is 0 Å². The lowest BCUT2D eigenvalue weighted by atomic mass is 10.1. The van der Waals surface area contributed by atoms with Gasteiger partial charge in [-0.05, 0) is 46.4 Å². The molecular weight excluding hydrogens is 387 g/mol. The highest BCUT2D eigenvalue weighted by Gasteiger charge is 2.11. The lowest BCUT2D eigenvalue weighted by molar-refractivity contribution is -0.139. The fraction of sp³-hybridized carbons (Fsp3) is 0.214. The second kappa shape index (κ2) is 7.64. The van der Waals surface area contributed by atoms with Crippen molar-refractivity contribution < 1.29 is 19.4 Å². The number of rotatable bonds is 5. The Labute approximate surface area is 135 Å². The average Bonchev–Trinajstić information content (AvgIpc) is 2.42. The number of nitriles is 1. The molecule has 1 aromatic carbocycles. The number of aliphatic carboxylic acids is 1. The first kappa shape index (κ1) is 17.0. The first-order valence-corrected chi connectivity index (χ1v) is 6.90. The molecule has 0 bridgehead atoms. The summed E-state index contributed by atoms with van der Waals surface area (Å²) in [5.74, 6) is -0.996. The SMILES string of the molecule is CN(C)C(=O)/C(C#N)=C\c1ccc(OCC(=O)O)c(I)c1. The zero-order chi connectivity index (χ0) is 16.0. The molecule has 1 N–H and O–H groups in total. The Kier molecular flexibility index (Phi) is 6.17. The summed E-state index contributed by atoms with van der Waals surface area (Å²) in [5.41, 5.74) is 0.684. The highest BCUT2D eigenvalue weighted by Crippen LogP contribution is 2.23. The molecule has 0 aromatic heterocycles. The van der Waals surface area contributed by atoms with Gasteiger partial charge in [0.2, 0.25) is 0 Å². The van der Waals surface area contributed by atoms with E-state index in [1.54, 1.807) is 32.3 Å². The molecule has 21 heavy (non-hydrogen) atoms. The predicted octanol–water partition coefficient (Wildman–Crippen LogP) is 1.75. The van der Waals surface area contributed by atoms with E-state index in [9.17, 15) is 9.59 Å². The van der Waals surface area contributed by atoms with Crippen LogP contribution < -0.4 is 4.74 Å². The summed E-state index contributed by atoms with van der Waals surface area (Å²) in [6.07, 6.45) is 1.48. The lowest BCUT2D eigenvalue weighted by Gasteiger charge is -2.09. The van der Waals surface area contributed by atoms with Gasteiger partial charge in [-0.15, -0.1) is 0 Å². The molecule has 0 atom stereocenters. The number of benzene rings is 1. The third-order valence-corrected chi connectivity index (χ3v) is 3.22. The predicted molar refractivity (Wildman–Crippen MR) is 84.6 cm³/mol. The molecule has 0 unspecified atom stereocenters. The molecule has 0 aliphatic rings. The molecular formula is C14H13IN2O4. The number of carbonyl (C=O) groups is 2. The van der Waals surface area contributed by atoms with Gasteiger partial charge in [-0.3, -0.25) is 4.79 Å². The van der Waals surface area contributed by atoms with E-state index in [1.807, 2.05) is 28.7 Å². The second-order valence-corrected chi connectivity index (χ2v) is 5.40. The van der Waals surface area contributed by atoms with Crippen LogP contribution >= 0.6 is 22.6 Å². The van der Waals surface area contributed by atoms with Gasteiger partial charge in [-0.2, -0.15) is 5.26 Å². The molecule has 0 fully saturated rings. The van der Waals surface area contributed by atoms with E-state index in [-0.39, 0.29) is 11.5 Å². The topological polar surface area (TPSA) is 90.6 Å². The number of halogens is 1. The van der Waals surface area contributed by atoms with Crippen molar-refractivity contribution in [3.63, 3.8) is 0 Å². The average molecular weight is 400 g/mol. The minimum atomic E-state index is -1.06. The van der Waals surface area contributed by atoms with Crippen LogP contribution in [-0.2, 0) is 9.59 Å². The van der Waals surface area contributed by atoms with Crippen LogP contribution in [0.5, 0.6) is 5.75 Å². The summed E-state index contributed by atoms with van der Waals surface area (Å²) >= 11 is 2.00. The van der Waals surface area contributed by atoms with Crippen molar-refractivity contribution in [2.24, 2.45) is 0 Å². The van der Waals surface area contributed by atoms with Crippen LogP contribution in [0.4, 0.5) is 0 Å². The van der Waals surface area contributed by atoms with Crippen molar-refractivity contribution in [1.29, 1.82) is 5.26 Å². The summed E-state index contributed by atoms with van der Waals surface area (Å²) in [6.45, 7) is -0.423. The number of hydrogen-bond donors (Lipinski definition) is 1. The van der Waals surface area contributed by atoms with E-state index in [2.05, 4.69) is 0 Å². The van der Waals surface area contributed by atoms with Gasteiger partial charge < -0.3 is 14.7 Å². The standard InChI is InChI=1S/C14H13IN2O4/c1-17(2)14(20)10(7-16)5-9-3-4-12(11(15)6-9)21-8-13(18)19/h3-6H,8H2,1-2H3,(H,18,19)/b10-5-. The minimum absolute atomic E-state index is 0.0232. The monoisotopic (exact) mass is 400 g/mol. The van der Waals surface area contributed by atoms with Gasteiger partial charge in [0.25, 0.3) is 5.91 Å². The number of likely N-dealkylation sites (N-methyl/N-ethyl adjacent to an activating group) is 1. The fourth-order valence-electron chi connectivity index (χ4n) is 1.41. The summed E-state index contributed by atoms with van der Waals surface area (Å²) in [4.78, 5) is 23.5. The number of carboxylic acids is 1. The molecule has 0 saturated heterocycles. The van der Waals surface area contributed by atoms with Gasteiger partial charge in [-0.1, -0.05) is 6.07 Å². The van der Waals surface area contributed by atoms with Gasteiger partial charge >= 0.3 is 5.97 Å². The van der Waals surface area contributed by atoms with Crippen LogP contribution in [0.3, 0.4) is 0 Å². The first-order chi connectivity index (χ1) is 9.85. The van der Waals surface area contributed by atoms with Crippen molar-refractivity contribution in [3.8, 4) is 11.8 Å². The van der Waals surface area contributed by atoms with Crippen molar-refractivity contribution in [2.75, 3.05) is 20.7 Å². The molecule has 0 heterocycles. The highest BCUT2D eigenvalue weighted by molar-refractivity contribution is 14.1. The molecule has 1 rings (SSSR count). The normalized spacial score (nSPS) is 10.7. The molecule has 0 aliphatic carbocycles. The number of amides is 1. The second-order valence-electron chi connectivity index (χ2n) is 4.24. The lowest BCUT2D eigenvalue weighted by Crippen LogP contribution is -2.22. The molecule has 0 saturated carbocycles. The summed E-state index contributed by atoms with van der Waals surface area (Å²) in [7, 11) is 3.14. The Morgan fingerprint density at radius 1 is 1.48 bits per heavy atom. The summed E-state index contributed by atoms with van der Waals surface area (Å²) in [6, 6.07) is 6.83. The zero-order valence-corrected chi connectivity index (χ0v) is 13.6. The molecule has 0 aliphatic heterocycles. The Bertz CT molecular complexity index is 632. The third kappa shape index (κ3) is 5.07. The van der Waals surface area contributed by atoms with Gasteiger partial charge in [0, 0.05) is 14.1 Å². The van der Waals surface area contributed by atoms with Crippen LogP contribution in [0.1, 0.15) is 5.56 Å². The molecule has 0 radical (unpaired) electrons. The minimum Gasteiger partial charge on any atom is -0.481 e. The number of carbonyl (C=O) groups excluding carboxylic acids is 1. The molecule has 7 heteroatoms. The Balaban J connectivity index is 3.00. The van der Waals surface area contributed by atoms with Crippen molar-refractivity contribution in [2.45, 2.75) is 0 Å². The number of hydrogen-bond acceptors (Lipinski definition) is 4. The van der Waals surface area contributed by atoms with Crippen molar-refractivity contribution >= 4 is 40.5 Å². The molecule has 110 valence electrons. The van der Waals surface area contributed by atoms with E-state index in [0.29, 0.717) is 14.9 Å². The fourth-order valence-corrected chi connectivity index (χ4v) is 2.11. The van der Waals surface area contributed by atoms with E-state index in [1.165, 1.54) is 11.0 Å². The van der Waals surface area contributed by atoms with Gasteiger partial charge in [-0.25, -0.2) is 4.79 Å². The smallest absolute Gasteiger partial charge is 0.341 e. The van der Waals surface area contributed by atoms with E-state index in [4.69, 9.17) is 15.1 Å². The van der Waals surface area contributed by atoms with Crippen LogP contribution in [0.15, 0.2) is 23.8 Å². The number of carboxylic acid groups (broad SMARTS) is 1. The molecule has 0 spiro atoms. The van der Waals surface area contributed by atoms with E-state index >= 15 is 0 Å². The quantitative estimate of drug-likeness (QED) is 0.462. The van der Waals surface area contributed by atoms with Gasteiger partial charge in [0.05, 0.1) is 3.57 Å². The summed E-state index contributed by atoms with van der Waals surface area (Å²) in [5, 5.41) is 17.6. The zero-order valence-electron chi connectivity index (χ0n) is 11.5. The van der Waals surface area contributed by atoms with Gasteiger partial charge in [0.15, 0.2) is 6.61 Å². The van der Waals surface area contributed by atoms with Crippen LogP contribution in [0, 0.1) is 14.9 Å². The maximum atomic E-state index is 11.8. The maximum absolute atomic E-state index is 11.8. The maximum Gasteiger partial charge on any atom is 0.341 e.